The molecular formula is C21H22N4S. The molecule has 1 saturated heterocycles. The van der Waals surface area contributed by atoms with Crippen LogP contribution in [0, 0.1) is 13.8 Å². The lowest BCUT2D eigenvalue weighted by atomic mass is 10.0. The average Bonchev–Trinajstić information content (AvgIpc) is 3.21. The van der Waals surface area contributed by atoms with Gasteiger partial charge >= 0.3 is 0 Å². The number of pyridine rings is 1. The van der Waals surface area contributed by atoms with Crippen molar-refractivity contribution in [2.24, 2.45) is 7.05 Å². The minimum atomic E-state index is -0.00101. The fourth-order valence-electron chi connectivity index (χ4n) is 3.59. The van der Waals surface area contributed by atoms with E-state index in [1.54, 1.807) is 0 Å². The third kappa shape index (κ3) is 2.78. The predicted molar refractivity (Wildman–Crippen MR) is 109 cm³/mol. The maximum Gasteiger partial charge on any atom is 0.174 e. The molecule has 3 heterocycles. The number of hydrogen-bond acceptors (Lipinski definition) is 2. The molecule has 0 radical (unpaired) electrons. The van der Waals surface area contributed by atoms with Gasteiger partial charge in [0.2, 0.25) is 0 Å². The van der Waals surface area contributed by atoms with Gasteiger partial charge in [0.05, 0.1) is 11.7 Å². The molecule has 0 unspecified atom stereocenters. The number of thiocarbonyl (C=S) groups is 1. The number of rotatable bonds is 3. The highest BCUT2D eigenvalue weighted by Gasteiger charge is 2.41. The van der Waals surface area contributed by atoms with Gasteiger partial charge in [-0.15, -0.1) is 0 Å². The Hall–Kier alpha value is -2.66. The van der Waals surface area contributed by atoms with Gasteiger partial charge in [-0.3, -0.25) is 4.98 Å². The fraction of sp³-hybridized carbons (Fsp3) is 0.238. The summed E-state index contributed by atoms with van der Waals surface area (Å²) >= 11 is 5.75. The molecule has 2 aromatic heterocycles. The summed E-state index contributed by atoms with van der Waals surface area (Å²) in [6.45, 7) is 4.27. The molecule has 1 N–H and O–H groups in total. The van der Waals surface area contributed by atoms with Crippen LogP contribution >= 0.6 is 12.2 Å². The molecule has 5 heteroatoms. The van der Waals surface area contributed by atoms with Crippen LogP contribution < -0.4 is 10.2 Å². The first-order valence-electron chi connectivity index (χ1n) is 8.75. The Morgan fingerprint density at radius 3 is 2.54 bits per heavy atom. The van der Waals surface area contributed by atoms with Crippen molar-refractivity contribution in [3.8, 4) is 0 Å². The molecule has 26 heavy (non-hydrogen) atoms. The van der Waals surface area contributed by atoms with Crippen LogP contribution in [-0.2, 0) is 7.05 Å². The molecule has 1 aromatic carbocycles. The first-order chi connectivity index (χ1) is 12.6. The number of anilines is 1. The molecule has 1 fully saturated rings. The van der Waals surface area contributed by atoms with Crippen molar-refractivity contribution in [1.29, 1.82) is 0 Å². The van der Waals surface area contributed by atoms with Gasteiger partial charge in [-0.1, -0.05) is 12.1 Å². The van der Waals surface area contributed by atoms with Crippen molar-refractivity contribution in [2.75, 3.05) is 4.90 Å². The van der Waals surface area contributed by atoms with E-state index in [0.717, 1.165) is 16.5 Å². The van der Waals surface area contributed by atoms with E-state index in [1.165, 1.54) is 16.8 Å². The number of aromatic nitrogens is 2. The molecule has 1 aliphatic rings. The second kappa shape index (κ2) is 6.57. The molecule has 2 atom stereocenters. The SMILES string of the molecule is Cc1ccc(N2C(=S)N[C@@H](c3ccccn3)[C@H]2c2cccn2C)cc1C. The normalized spacial score (nSPS) is 19.7. The molecular weight excluding hydrogens is 340 g/mol. The van der Waals surface area contributed by atoms with E-state index in [4.69, 9.17) is 12.2 Å². The van der Waals surface area contributed by atoms with Gasteiger partial charge in [0, 0.05) is 30.8 Å². The van der Waals surface area contributed by atoms with Crippen LogP contribution in [0.3, 0.4) is 0 Å². The summed E-state index contributed by atoms with van der Waals surface area (Å²) in [6.07, 6.45) is 3.91. The Labute approximate surface area is 159 Å². The summed E-state index contributed by atoms with van der Waals surface area (Å²) in [4.78, 5) is 6.81. The van der Waals surface area contributed by atoms with Crippen molar-refractivity contribution in [3.05, 3.63) is 83.4 Å². The second-order valence-corrected chi connectivity index (χ2v) is 7.20. The third-order valence-corrected chi connectivity index (χ3v) is 5.47. The van der Waals surface area contributed by atoms with Gasteiger partial charge in [0.1, 0.15) is 6.04 Å². The monoisotopic (exact) mass is 362 g/mol. The van der Waals surface area contributed by atoms with Crippen molar-refractivity contribution >= 4 is 23.0 Å². The lowest BCUT2D eigenvalue weighted by Crippen LogP contribution is -2.30. The van der Waals surface area contributed by atoms with Crippen molar-refractivity contribution in [3.63, 3.8) is 0 Å². The smallest absolute Gasteiger partial charge is 0.174 e. The van der Waals surface area contributed by atoms with E-state index >= 15 is 0 Å². The van der Waals surface area contributed by atoms with Crippen molar-refractivity contribution in [1.82, 2.24) is 14.9 Å². The minimum Gasteiger partial charge on any atom is -0.353 e. The van der Waals surface area contributed by atoms with Gasteiger partial charge in [0.15, 0.2) is 5.11 Å². The zero-order chi connectivity index (χ0) is 18.3. The van der Waals surface area contributed by atoms with Crippen molar-refractivity contribution < 1.29 is 0 Å². The van der Waals surface area contributed by atoms with Gasteiger partial charge in [0.25, 0.3) is 0 Å². The van der Waals surface area contributed by atoms with Crippen LogP contribution in [0.25, 0.3) is 0 Å². The average molecular weight is 363 g/mol. The van der Waals surface area contributed by atoms with Gasteiger partial charge in [-0.05, 0) is 73.6 Å². The fourth-order valence-corrected chi connectivity index (χ4v) is 3.94. The summed E-state index contributed by atoms with van der Waals surface area (Å²) in [5, 5.41) is 4.23. The first-order valence-corrected chi connectivity index (χ1v) is 9.16. The standard InChI is InChI=1S/C21H22N4S/c1-14-9-10-16(13-15(14)2)25-20(18-8-6-12-24(18)3)19(23-21(25)26)17-7-4-5-11-22-17/h4-13,19-20H,1-3H3,(H,23,26)/t19-,20+/m0/s1. The van der Waals surface area contributed by atoms with E-state index in [9.17, 15) is 0 Å². The molecule has 3 aromatic rings. The van der Waals surface area contributed by atoms with Crippen LogP contribution in [-0.4, -0.2) is 14.7 Å². The van der Waals surface area contributed by atoms with Crippen LogP contribution in [0.5, 0.6) is 0 Å². The molecule has 0 bridgehead atoms. The largest absolute Gasteiger partial charge is 0.353 e. The highest BCUT2D eigenvalue weighted by Crippen LogP contribution is 2.41. The third-order valence-electron chi connectivity index (χ3n) is 5.15. The Kier molecular flexibility index (Phi) is 4.24. The van der Waals surface area contributed by atoms with Gasteiger partial charge in [-0.25, -0.2) is 0 Å². The lowest BCUT2D eigenvalue weighted by molar-refractivity contribution is 0.541. The first kappa shape index (κ1) is 16.8. The molecule has 0 saturated carbocycles. The topological polar surface area (TPSA) is 33.1 Å². The highest BCUT2D eigenvalue weighted by atomic mass is 32.1. The van der Waals surface area contributed by atoms with E-state index in [0.29, 0.717) is 0 Å². The highest BCUT2D eigenvalue weighted by molar-refractivity contribution is 7.80. The summed E-state index contributed by atoms with van der Waals surface area (Å²) in [5.41, 5.74) is 5.84. The maximum atomic E-state index is 5.75. The zero-order valence-corrected chi connectivity index (χ0v) is 16.0. The number of nitrogens with zero attached hydrogens (tertiary/aromatic N) is 3. The molecule has 4 nitrogen and oxygen atoms in total. The molecule has 0 spiro atoms. The molecule has 0 amide bonds. The lowest BCUT2D eigenvalue weighted by Gasteiger charge is -2.28. The maximum absolute atomic E-state index is 5.75. The summed E-state index contributed by atoms with van der Waals surface area (Å²) < 4.78 is 2.16. The molecule has 4 rings (SSSR count). The van der Waals surface area contributed by atoms with E-state index in [2.05, 4.69) is 83.3 Å². The van der Waals surface area contributed by atoms with Gasteiger partial charge in [-0.2, -0.15) is 0 Å². The summed E-state index contributed by atoms with van der Waals surface area (Å²) in [6, 6.07) is 16.8. The number of hydrogen-bond donors (Lipinski definition) is 1. The minimum absolute atomic E-state index is 0.00101. The number of nitrogens with one attached hydrogen (secondary N) is 1. The van der Waals surface area contributed by atoms with E-state index in [-0.39, 0.29) is 12.1 Å². The Balaban J connectivity index is 1.85. The second-order valence-electron chi connectivity index (χ2n) is 6.81. The summed E-state index contributed by atoms with van der Waals surface area (Å²) in [5.74, 6) is 0. The Bertz CT molecular complexity index is 948. The number of aryl methyl sites for hydroxylation is 3. The Morgan fingerprint density at radius 2 is 1.88 bits per heavy atom. The molecule has 0 aliphatic carbocycles. The zero-order valence-electron chi connectivity index (χ0n) is 15.2. The van der Waals surface area contributed by atoms with E-state index in [1.807, 2.05) is 18.3 Å². The predicted octanol–water partition coefficient (Wildman–Crippen LogP) is 4.21. The number of benzene rings is 1. The van der Waals surface area contributed by atoms with E-state index < -0.39 is 0 Å². The molecule has 1 aliphatic heterocycles. The Morgan fingerprint density at radius 1 is 1.04 bits per heavy atom. The van der Waals surface area contributed by atoms with Crippen LogP contribution in [0.1, 0.15) is 34.6 Å². The quantitative estimate of drug-likeness (QED) is 0.708. The van der Waals surface area contributed by atoms with Crippen LogP contribution in [0.15, 0.2) is 60.9 Å². The van der Waals surface area contributed by atoms with Gasteiger partial charge < -0.3 is 14.8 Å². The van der Waals surface area contributed by atoms with Crippen molar-refractivity contribution in [2.45, 2.75) is 25.9 Å². The summed E-state index contributed by atoms with van der Waals surface area (Å²) in [7, 11) is 2.07. The molecule has 132 valence electrons. The van der Waals surface area contributed by atoms with Crippen LogP contribution in [0.2, 0.25) is 0 Å². The van der Waals surface area contributed by atoms with Crippen LogP contribution in [0.4, 0.5) is 5.69 Å².